The molecule has 0 bridgehead atoms. The third kappa shape index (κ3) is 3.67. The van der Waals surface area contributed by atoms with Crippen LogP contribution in [0.4, 0.5) is 17.6 Å². The number of hydrogen-bond acceptors (Lipinski definition) is 0. The lowest BCUT2D eigenvalue weighted by Gasteiger charge is -2.12. The van der Waals surface area contributed by atoms with Gasteiger partial charge in [0.25, 0.3) is 0 Å². The second-order valence-corrected chi connectivity index (χ2v) is 5.30. The fourth-order valence-corrected chi connectivity index (χ4v) is 2.52. The minimum absolute atomic E-state index is 0.0807. The third-order valence-electron chi connectivity index (χ3n) is 3.61. The zero-order valence-electron chi connectivity index (χ0n) is 12.3. The van der Waals surface area contributed by atoms with Gasteiger partial charge >= 0.3 is 12.3 Å². The molecule has 0 radical (unpaired) electrons. The summed E-state index contributed by atoms with van der Waals surface area (Å²) in [5.74, 6) is -3.78. The van der Waals surface area contributed by atoms with Crippen LogP contribution in [0.25, 0.3) is 11.1 Å². The maximum atomic E-state index is 11.8. The molecule has 0 fully saturated rings. The number of alkyl halides is 4. The van der Waals surface area contributed by atoms with Crippen LogP contribution in [0.15, 0.2) is 48.5 Å². The van der Waals surface area contributed by atoms with Gasteiger partial charge < -0.3 is 0 Å². The Morgan fingerprint density at radius 2 is 1.36 bits per heavy atom. The molecule has 0 aromatic heterocycles. The van der Waals surface area contributed by atoms with Gasteiger partial charge in [-0.05, 0) is 28.7 Å². The fraction of sp³-hybridized carbons (Fsp3) is 0.333. The summed E-state index contributed by atoms with van der Waals surface area (Å²) in [6, 6.07) is 17.3. The maximum absolute atomic E-state index is 11.8. The van der Waals surface area contributed by atoms with Crippen molar-refractivity contribution in [1.29, 1.82) is 0 Å². The molecule has 3 rings (SSSR count). The van der Waals surface area contributed by atoms with E-state index in [9.17, 15) is 17.6 Å². The topological polar surface area (TPSA) is 0 Å². The fourth-order valence-electron chi connectivity index (χ4n) is 2.52. The summed E-state index contributed by atoms with van der Waals surface area (Å²) in [7, 11) is 0. The first-order valence-corrected chi connectivity index (χ1v) is 7.28. The van der Waals surface area contributed by atoms with E-state index in [2.05, 4.69) is 48.5 Å². The van der Waals surface area contributed by atoms with E-state index in [-0.39, 0.29) is 6.42 Å². The van der Waals surface area contributed by atoms with Crippen LogP contribution in [-0.2, 0) is 6.42 Å². The van der Waals surface area contributed by atoms with Gasteiger partial charge in [0.05, 0.1) is 0 Å². The van der Waals surface area contributed by atoms with Crippen molar-refractivity contribution in [2.24, 2.45) is 0 Å². The van der Waals surface area contributed by atoms with Gasteiger partial charge in [-0.1, -0.05) is 61.9 Å². The minimum atomic E-state index is -3.78. The Kier molecular flexibility index (Phi) is 5.22. The van der Waals surface area contributed by atoms with E-state index in [4.69, 9.17) is 0 Å². The predicted octanol–water partition coefficient (Wildman–Crippen LogP) is 5.94. The number of rotatable bonds is 3. The number of fused-ring (bicyclic) bond motifs is 3. The van der Waals surface area contributed by atoms with Gasteiger partial charge in [-0.2, -0.15) is 0 Å². The van der Waals surface area contributed by atoms with E-state index in [0.29, 0.717) is 0 Å². The van der Waals surface area contributed by atoms with Crippen molar-refractivity contribution < 1.29 is 17.6 Å². The number of halogens is 4. The molecule has 118 valence electrons. The first-order valence-electron chi connectivity index (χ1n) is 7.28. The van der Waals surface area contributed by atoms with E-state index in [1.807, 2.05) is 0 Å². The van der Waals surface area contributed by atoms with E-state index in [1.165, 1.54) is 29.2 Å². The predicted molar refractivity (Wildman–Crippen MR) is 80.5 cm³/mol. The summed E-state index contributed by atoms with van der Waals surface area (Å²) in [6.45, 7) is 1.44. The zero-order valence-corrected chi connectivity index (χ0v) is 12.3. The highest BCUT2D eigenvalue weighted by atomic mass is 19.3. The molecule has 0 amide bonds. The highest BCUT2D eigenvalue weighted by molar-refractivity contribution is 5.76. The average Bonchev–Trinajstić information content (AvgIpc) is 2.86. The van der Waals surface area contributed by atoms with Gasteiger partial charge in [0.1, 0.15) is 0 Å². The van der Waals surface area contributed by atoms with Gasteiger partial charge in [0, 0.05) is 6.42 Å². The normalized spacial score (nSPS) is 12.5. The summed E-state index contributed by atoms with van der Waals surface area (Å²) < 4.78 is 46.1. The lowest BCUT2D eigenvalue weighted by Crippen LogP contribution is -2.25. The Hall–Kier alpha value is -1.84. The number of benzene rings is 2. The first kappa shape index (κ1) is 16.5. The van der Waals surface area contributed by atoms with E-state index < -0.39 is 18.8 Å². The molecule has 0 heterocycles. The molecule has 2 aromatic rings. The molecule has 0 unspecified atom stereocenters. The highest BCUT2D eigenvalue weighted by Gasteiger charge is 2.39. The van der Waals surface area contributed by atoms with Gasteiger partial charge in [0.15, 0.2) is 0 Å². The Morgan fingerprint density at radius 1 is 0.909 bits per heavy atom. The van der Waals surface area contributed by atoms with Crippen LogP contribution in [-0.4, -0.2) is 12.3 Å². The quantitative estimate of drug-likeness (QED) is 0.525. The molecule has 22 heavy (non-hydrogen) atoms. The van der Waals surface area contributed by atoms with Crippen molar-refractivity contribution >= 4 is 0 Å². The second-order valence-electron chi connectivity index (χ2n) is 5.30. The lowest BCUT2D eigenvalue weighted by atomic mass is 10.1. The molecule has 0 nitrogen and oxygen atoms in total. The van der Waals surface area contributed by atoms with Gasteiger partial charge in [-0.25, -0.2) is 17.6 Å². The molecule has 0 N–H and O–H groups in total. The smallest absolute Gasteiger partial charge is 0.204 e. The van der Waals surface area contributed by atoms with Crippen LogP contribution < -0.4 is 0 Å². The second kappa shape index (κ2) is 6.95. The molecular formula is C18H18F4. The van der Waals surface area contributed by atoms with Crippen molar-refractivity contribution in [2.45, 2.75) is 38.5 Å². The average molecular weight is 310 g/mol. The lowest BCUT2D eigenvalue weighted by molar-refractivity contribution is -0.132. The summed E-state index contributed by atoms with van der Waals surface area (Å²) in [6.07, 6.45) is -3.06. The van der Waals surface area contributed by atoms with E-state index >= 15 is 0 Å². The van der Waals surface area contributed by atoms with E-state index in [1.54, 1.807) is 0 Å². The van der Waals surface area contributed by atoms with Crippen LogP contribution in [0.2, 0.25) is 0 Å². The molecule has 1 aliphatic rings. The summed E-state index contributed by atoms with van der Waals surface area (Å²) >= 11 is 0. The molecule has 0 atom stereocenters. The van der Waals surface area contributed by atoms with Gasteiger partial charge in [-0.3, -0.25) is 0 Å². The van der Waals surface area contributed by atoms with Crippen molar-refractivity contribution in [3.05, 3.63) is 59.7 Å². The zero-order chi connectivity index (χ0) is 16.2. The molecule has 2 aromatic carbocycles. The Balaban J connectivity index is 0.000000175. The minimum Gasteiger partial charge on any atom is -0.204 e. The highest BCUT2D eigenvalue weighted by Crippen LogP contribution is 2.35. The molecule has 0 aliphatic heterocycles. The van der Waals surface area contributed by atoms with Crippen molar-refractivity contribution in [2.75, 3.05) is 0 Å². The Morgan fingerprint density at radius 3 is 1.73 bits per heavy atom. The molecule has 0 saturated heterocycles. The van der Waals surface area contributed by atoms with Crippen LogP contribution in [0.5, 0.6) is 0 Å². The largest absolute Gasteiger partial charge is 0.307 e. The molecule has 4 heteroatoms. The molecule has 1 aliphatic carbocycles. The van der Waals surface area contributed by atoms with Gasteiger partial charge in [0.2, 0.25) is 0 Å². The van der Waals surface area contributed by atoms with Crippen LogP contribution >= 0.6 is 0 Å². The van der Waals surface area contributed by atoms with Gasteiger partial charge in [-0.15, -0.1) is 0 Å². The van der Waals surface area contributed by atoms with Crippen molar-refractivity contribution in [3.8, 4) is 11.1 Å². The Bertz CT molecular complexity index is 576. The summed E-state index contributed by atoms with van der Waals surface area (Å²) in [5, 5.41) is 0. The Labute approximate surface area is 127 Å². The van der Waals surface area contributed by atoms with E-state index in [0.717, 1.165) is 6.42 Å². The first-order chi connectivity index (χ1) is 10.5. The number of hydrogen-bond donors (Lipinski definition) is 0. The third-order valence-corrected chi connectivity index (χ3v) is 3.61. The van der Waals surface area contributed by atoms with Crippen LogP contribution in [0.3, 0.4) is 0 Å². The summed E-state index contributed by atoms with van der Waals surface area (Å²) in [4.78, 5) is 0. The van der Waals surface area contributed by atoms with Crippen LogP contribution in [0, 0.1) is 0 Å². The molecule has 0 saturated carbocycles. The molecule has 0 spiro atoms. The van der Waals surface area contributed by atoms with Crippen LogP contribution in [0.1, 0.15) is 30.9 Å². The standard InChI is InChI=1S/C13H10.C5H8F4/c1-3-7-12-10(5-1)9-11-6-2-4-8-13(11)12;1-2-3-5(8,9)4(6)7/h1-8H,9H2;4H,2-3H2,1H3. The van der Waals surface area contributed by atoms with Crippen molar-refractivity contribution in [3.63, 3.8) is 0 Å². The maximum Gasteiger partial charge on any atom is 0.307 e. The van der Waals surface area contributed by atoms with Crippen molar-refractivity contribution in [1.82, 2.24) is 0 Å². The monoisotopic (exact) mass is 310 g/mol. The summed E-state index contributed by atoms with van der Waals surface area (Å²) in [5.41, 5.74) is 5.75. The molecular weight excluding hydrogens is 292 g/mol. The SMILES string of the molecule is CCCC(F)(F)C(F)F.c1ccc2c(c1)Cc1ccccc1-2.